The predicted molar refractivity (Wildman–Crippen MR) is 269 cm³/mol. The van der Waals surface area contributed by atoms with Crippen LogP contribution in [0.5, 0.6) is 5.75 Å². The fraction of sp³-hybridized carbons (Fsp3) is 0.200. The van der Waals surface area contributed by atoms with Crippen molar-refractivity contribution in [2.75, 3.05) is 0 Å². The van der Waals surface area contributed by atoms with Gasteiger partial charge in [-0.25, -0.2) is 4.98 Å². The first-order chi connectivity index (χ1) is 30.5. The first-order valence-electron chi connectivity index (χ1n) is 22.4. The number of hydrogen-bond acceptors (Lipinski definition) is 3. The Morgan fingerprint density at radius 1 is 0.422 bits per heavy atom. The molecule has 4 heteroatoms. The third-order valence-electron chi connectivity index (χ3n) is 12.4. The summed E-state index contributed by atoms with van der Waals surface area (Å²) in [5, 5.41) is 11.6. The third kappa shape index (κ3) is 8.17. The number of aromatic nitrogens is 3. The summed E-state index contributed by atoms with van der Waals surface area (Å²) in [6.07, 6.45) is 1.92. The van der Waals surface area contributed by atoms with Crippen LogP contribution in [-0.2, 0) is 16.2 Å². The minimum absolute atomic E-state index is 0.0822. The second-order valence-corrected chi connectivity index (χ2v) is 20.2. The van der Waals surface area contributed by atoms with Crippen LogP contribution in [0.15, 0.2) is 176 Å². The number of rotatable bonds is 7. The van der Waals surface area contributed by atoms with Gasteiger partial charge in [0.25, 0.3) is 0 Å². The molecule has 0 amide bonds. The zero-order valence-corrected chi connectivity index (χ0v) is 38.5. The van der Waals surface area contributed by atoms with E-state index in [4.69, 9.17) is 9.97 Å². The molecule has 2 heterocycles. The van der Waals surface area contributed by atoms with Gasteiger partial charge in [0, 0.05) is 22.9 Å². The molecule has 318 valence electrons. The van der Waals surface area contributed by atoms with Crippen LogP contribution in [0, 0.1) is 0 Å². The van der Waals surface area contributed by atoms with Crippen molar-refractivity contribution in [2.24, 2.45) is 0 Å². The Hall–Kier alpha value is -7.04. The van der Waals surface area contributed by atoms with Gasteiger partial charge in [-0.05, 0) is 121 Å². The summed E-state index contributed by atoms with van der Waals surface area (Å²) in [6, 6.07) is 60.1. The molecule has 2 aromatic heterocycles. The molecule has 0 aliphatic heterocycles. The molecule has 0 atom stereocenters. The molecule has 1 N–H and O–H groups in total. The van der Waals surface area contributed by atoms with Crippen molar-refractivity contribution >= 4 is 11.0 Å². The van der Waals surface area contributed by atoms with E-state index in [9.17, 15) is 5.11 Å². The van der Waals surface area contributed by atoms with E-state index in [0.29, 0.717) is 11.4 Å². The molecule has 0 aliphatic rings. The van der Waals surface area contributed by atoms with Crippen LogP contribution in [0.2, 0.25) is 0 Å². The number of phenolic OH excluding ortho intramolecular Hbond substituents is 1. The summed E-state index contributed by atoms with van der Waals surface area (Å²) < 4.78 is 2.26. The zero-order valence-electron chi connectivity index (χ0n) is 38.5. The summed E-state index contributed by atoms with van der Waals surface area (Å²) >= 11 is 0. The largest absolute Gasteiger partial charge is 0.507 e. The highest BCUT2D eigenvalue weighted by Crippen LogP contribution is 2.45. The summed E-state index contributed by atoms with van der Waals surface area (Å²) in [5.74, 6) is 0.840. The van der Waals surface area contributed by atoms with Crippen LogP contribution < -0.4 is 0 Å². The molecule has 64 heavy (non-hydrogen) atoms. The molecule has 0 bridgehead atoms. The van der Waals surface area contributed by atoms with Gasteiger partial charge >= 0.3 is 0 Å². The van der Waals surface area contributed by atoms with Gasteiger partial charge in [0.15, 0.2) is 0 Å². The Bertz CT molecular complexity index is 3140. The third-order valence-corrected chi connectivity index (χ3v) is 12.4. The molecule has 9 aromatic rings. The molecule has 0 unspecified atom stereocenters. The average molecular weight is 836 g/mol. The summed E-state index contributed by atoms with van der Waals surface area (Å²) in [7, 11) is 0. The molecule has 4 nitrogen and oxygen atoms in total. The quantitative estimate of drug-likeness (QED) is 0.174. The molecular weight excluding hydrogens is 779 g/mol. The lowest BCUT2D eigenvalue weighted by Crippen LogP contribution is -2.14. The number of benzene rings is 7. The van der Waals surface area contributed by atoms with Gasteiger partial charge in [-0.3, -0.25) is 9.55 Å². The van der Waals surface area contributed by atoms with E-state index >= 15 is 0 Å². The Morgan fingerprint density at radius 3 is 1.67 bits per heavy atom. The Kier molecular flexibility index (Phi) is 10.7. The van der Waals surface area contributed by atoms with E-state index in [0.717, 1.165) is 72.5 Å². The molecule has 0 spiro atoms. The minimum Gasteiger partial charge on any atom is -0.507 e. The van der Waals surface area contributed by atoms with Crippen LogP contribution in [0.4, 0.5) is 0 Å². The topological polar surface area (TPSA) is 50.9 Å². The van der Waals surface area contributed by atoms with E-state index in [-0.39, 0.29) is 22.0 Å². The van der Waals surface area contributed by atoms with Gasteiger partial charge < -0.3 is 5.11 Å². The number of pyridine rings is 1. The molecule has 0 aliphatic carbocycles. The average Bonchev–Trinajstić information content (AvgIpc) is 3.68. The zero-order chi connectivity index (χ0) is 45.0. The number of phenols is 1. The first kappa shape index (κ1) is 42.3. The van der Waals surface area contributed by atoms with Crippen molar-refractivity contribution in [2.45, 2.75) is 78.6 Å². The second kappa shape index (κ2) is 16.3. The van der Waals surface area contributed by atoms with Crippen molar-refractivity contribution in [1.29, 1.82) is 0 Å². The Balaban J connectivity index is 1.31. The second-order valence-electron chi connectivity index (χ2n) is 20.2. The van der Waals surface area contributed by atoms with Crippen LogP contribution in [0.1, 0.15) is 79.0 Å². The van der Waals surface area contributed by atoms with Crippen molar-refractivity contribution in [3.05, 3.63) is 193 Å². The number of hydrogen-bond donors (Lipinski definition) is 1. The molecular formula is C60H57N3O. The highest BCUT2D eigenvalue weighted by atomic mass is 16.3. The van der Waals surface area contributed by atoms with Crippen molar-refractivity contribution in [3.8, 4) is 78.6 Å². The Morgan fingerprint density at radius 2 is 1.03 bits per heavy atom. The van der Waals surface area contributed by atoms with E-state index < -0.39 is 0 Å². The van der Waals surface area contributed by atoms with Crippen LogP contribution in [0.25, 0.3) is 83.9 Å². The van der Waals surface area contributed by atoms with Crippen molar-refractivity contribution < 1.29 is 5.11 Å². The fourth-order valence-electron chi connectivity index (χ4n) is 8.81. The first-order valence-corrected chi connectivity index (χ1v) is 22.4. The molecule has 9 rings (SSSR count). The monoisotopic (exact) mass is 835 g/mol. The maximum Gasteiger partial charge on any atom is 0.149 e. The Labute approximate surface area is 379 Å². The summed E-state index contributed by atoms with van der Waals surface area (Å²) in [5.41, 5.74) is 17.8. The van der Waals surface area contributed by atoms with Crippen molar-refractivity contribution in [1.82, 2.24) is 14.5 Å². The number of aromatic hydroxyl groups is 1. The van der Waals surface area contributed by atoms with Gasteiger partial charge in [-0.2, -0.15) is 0 Å². The molecule has 0 saturated heterocycles. The van der Waals surface area contributed by atoms with Gasteiger partial charge in [-0.15, -0.1) is 0 Å². The van der Waals surface area contributed by atoms with E-state index in [1.165, 1.54) is 16.7 Å². The lowest BCUT2D eigenvalue weighted by molar-refractivity contribution is 0.477. The summed E-state index contributed by atoms with van der Waals surface area (Å²) in [4.78, 5) is 10.5. The fourth-order valence-corrected chi connectivity index (χ4v) is 8.81. The van der Waals surface area contributed by atoms with Crippen LogP contribution in [0.3, 0.4) is 0 Å². The summed E-state index contributed by atoms with van der Waals surface area (Å²) in [6.45, 7) is 20.4. The molecule has 0 fully saturated rings. The van der Waals surface area contributed by atoms with Gasteiger partial charge in [0.05, 0.1) is 28.0 Å². The molecule has 7 aromatic carbocycles. The van der Waals surface area contributed by atoms with Gasteiger partial charge in [0.1, 0.15) is 11.6 Å². The minimum atomic E-state index is -0.154. The predicted octanol–water partition coefficient (Wildman–Crippen LogP) is 16.0. The van der Waals surface area contributed by atoms with E-state index in [1.54, 1.807) is 6.07 Å². The lowest BCUT2D eigenvalue weighted by Gasteiger charge is -2.27. The maximum atomic E-state index is 11.6. The maximum absolute atomic E-state index is 11.6. The molecule has 0 saturated carbocycles. The smallest absolute Gasteiger partial charge is 0.149 e. The highest BCUT2D eigenvalue weighted by Gasteiger charge is 2.27. The number of imidazole rings is 1. The number of nitrogens with zero attached hydrogens (tertiary/aromatic N) is 3. The number of para-hydroxylation sites is 2. The van der Waals surface area contributed by atoms with Gasteiger partial charge in [-0.1, -0.05) is 178 Å². The van der Waals surface area contributed by atoms with Crippen molar-refractivity contribution in [3.63, 3.8) is 0 Å². The SMILES string of the molecule is CC(C)(C)c1ccc(-c2ccnc(-c3cc(-c4cccc5c4nc(-c4ccccc4O)n5-c4cc(-c5ccccc5)c(C(C)(C)C)cc4-c4ccccc4)cc(C(C)(C)C)c3)c2)cc1. The van der Waals surface area contributed by atoms with E-state index in [1.807, 2.05) is 24.4 Å². The molecule has 0 radical (unpaired) electrons. The van der Waals surface area contributed by atoms with Crippen LogP contribution >= 0.6 is 0 Å². The van der Waals surface area contributed by atoms with E-state index in [2.05, 4.69) is 212 Å². The van der Waals surface area contributed by atoms with Crippen LogP contribution in [-0.4, -0.2) is 19.6 Å². The lowest BCUT2D eigenvalue weighted by atomic mass is 9.79. The normalized spacial score (nSPS) is 12.2. The number of fused-ring (bicyclic) bond motifs is 1. The highest BCUT2D eigenvalue weighted by molar-refractivity contribution is 5.98. The standard InChI is InChI=1S/C60H57N3O/c1-58(2,3)45-29-27-39(28-30-45)42-31-32-61-52(36-42)44-33-43(34-46(35-44)59(4,5)6)47-24-18-25-53-56(47)62-57(48-23-16-17-26-55(48)64)63(53)54-38-49(40-19-12-10-13-20-40)51(60(7,8)9)37-50(54)41-21-14-11-15-22-41/h10-38,64H,1-9H3. The van der Waals surface area contributed by atoms with Gasteiger partial charge in [0.2, 0.25) is 0 Å².